The van der Waals surface area contributed by atoms with Gasteiger partial charge in [0.05, 0.1) is 24.2 Å². The summed E-state index contributed by atoms with van der Waals surface area (Å²) in [5.74, 6) is 0.00391. The molecule has 1 aromatic heterocycles. The van der Waals surface area contributed by atoms with Crippen molar-refractivity contribution in [1.82, 2.24) is 9.80 Å². The van der Waals surface area contributed by atoms with Crippen molar-refractivity contribution in [3.63, 3.8) is 0 Å². The average molecular weight is 427 g/mol. The van der Waals surface area contributed by atoms with Crippen molar-refractivity contribution in [2.75, 3.05) is 19.6 Å². The first kappa shape index (κ1) is 21.1. The number of carbonyl (C=O) groups excluding carboxylic acids is 2. The van der Waals surface area contributed by atoms with E-state index in [1.807, 2.05) is 59.4 Å². The molecule has 1 saturated heterocycles. The molecule has 160 valence electrons. The van der Waals surface area contributed by atoms with Gasteiger partial charge in [0.2, 0.25) is 5.91 Å². The second-order valence-corrected chi connectivity index (χ2v) is 9.86. The Bertz CT molecular complexity index is 901. The summed E-state index contributed by atoms with van der Waals surface area (Å²) in [6, 6.07) is 11.4. The van der Waals surface area contributed by atoms with Gasteiger partial charge in [0, 0.05) is 30.1 Å². The van der Waals surface area contributed by atoms with Crippen molar-refractivity contribution in [2.45, 2.75) is 51.9 Å². The highest BCUT2D eigenvalue weighted by atomic mass is 32.1. The monoisotopic (exact) mass is 426 g/mol. The molecular weight excluding hydrogens is 396 g/mol. The van der Waals surface area contributed by atoms with E-state index in [0.717, 1.165) is 10.4 Å². The number of amides is 2. The average Bonchev–Trinajstić information content (AvgIpc) is 3.22. The maximum Gasteiger partial charge on any atom is 0.254 e. The highest BCUT2D eigenvalue weighted by Crippen LogP contribution is 2.45. The predicted molar refractivity (Wildman–Crippen MR) is 119 cm³/mol. The van der Waals surface area contributed by atoms with Gasteiger partial charge in [0.15, 0.2) is 0 Å². The molecule has 2 aliphatic heterocycles. The van der Waals surface area contributed by atoms with E-state index in [9.17, 15) is 9.59 Å². The Hall–Kier alpha value is -2.18. The lowest BCUT2D eigenvalue weighted by Crippen LogP contribution is -2.53. The van der Waals surface area contributed by atoms with Crippen LogP contribution >= 0.6 is 11.3 Å². The first-order valence-corrected chi connectivity index (χ1v) is 11.6. The Morgan fingerprint density at radius 3 is 2.47 bits per heavy atom. The van der Waals surface area contributed by atoms with Gasteiger partial charge in [-0.2, -0.15) is 0 Å². The van der Waals surface area contributed by atoms with Crippen molar-refractivity contribution in [2.24, 2.45) is 5.92 Å². The molecule has 2 aliphatic rings. The van der Waals surface area contributed by atoms with Crippen molar-refractivity contribution < 1.29 is 14.3 Å². The molecule has 30 heavy (non-hydrogen) atoms. The molecule has 0 spiro atoms. The SMILES string of the molecule is CC(C)CN1C(=O)c2ccccc2[C@H](C(=O)N2C[C@@H](C)O[C@@H](C)C2)[C@@H]1c1cccs1. The molecule has 0 saturated carbocycles. The summed E-state index contributed by atoms with van der Waals surface area (Å²) in [7, 11) is 0. The highest BCUT2D eigenvalue weighted by molar-refractivity contribution is 7.10. The van der Waals surface area contributed by atoms with E-state index in [4.69, 9.17) is 4.74 Å². The fourth-order valence-corrected chi connectivity index (χ4v) is 5.66. The van der Waals surface area contributed by atoms with Gasteiger partial charge in [-0.1, -0.05) is 38.1 Å². The number of morpholine rings is 1. The van der Waals surface area contributed by atoms with Gasteiger partial charge < -0.3 is 14.5 Å². The minimum Gasteiger partial charge on any atom is -0.372 e. The quantitative estimate of drug-likeness (QED) is 0.732. The van der Waals surface area contributed by atoms with Gasteiger partial charge in [0.1, 0.15) is 0 Å². The standard InChI is InChI=1S/C24H30N2O3S/c1-15(2)12-26-22(20-10-7-11-30-20)21(18-8-5-6-9-19(18)23(26)27)24(28)25-13-16(3)29-17(4)14-25/h5-11,15-17,21-22H,12-14H2,1-4H3/t16-,17+,21-,22-/m0/s1. The van der Waals surface area contributed by atoms with Gasteiger partial charge >= 0.3 is 0 Å². The molecule has 0 N–H and O–H groups in total. The van der Waals surface area contributed by atoms with Gasteiger partial charge in [-0.15, -0.1) is 11.3 Å². The molecule has 2 aromatic rings. The zero-order valence-electron chi connectivity index (χ0n) is 18.1. The zero-order valence-corrected chi connectivity index (χ0v) is 18.9. The Balaban J connectivity index is 1.82. The largest absolute Gasteiger partial charge is 0.372 e. The number of rotatable bonds is 4. The lowest BCUT2D eigenvalue weighted by atomic mass is 9.80. The van der Waals surface area contributed by atoms with Crippen LogP contribution in [0.4, 0.5) is 0 Å². The summed E-state index contributed by atoms with van der Waals surface area (Å²) in [6.07, 6.45) is 0.00948. The van der Waals surface area contributed by atoms with E-state index in [-0.39, 0.29) is 30.1 Å². The summed E-state index contributed by atoms with van der Waals surface area (Å²) < 4.78 is 5.86. The molecule has 4 rings (SSSR count). The number of ether oxygens (including phenoxy) is 1. The molecule has 3 heterocycles. The highest BCUT2D eigenvalue weighted by Gasteiger charge is 2.46. The molecule has 0 radical (unpaired) electrons. The summed E-state index contributed by atoms with van der Waals surface area (Å²) in [5, 5.41) is 2.02. The van der Waals surface area contributed by atoms with E-state index in [1.54, 1.807) is 11.3 Å². The van der Waals surface area contributed by atoms with Crippen LogP contribution < -0.4 is 0 Å². The number of thiophene rings is 1. The third-order valence-corrected chi connectivity index (χ3v) is 6.78. The van der Waals surface area contributed by atoms with E-state index in [0.29, 0.717) is 31.1 Å². The predicted octanol–water partition coefficient (Wildman–Crippen LogP) is 4.32. The van der Waals surface area contributed by atoms with Crippen LogP contribution in [0.1, 0.15) is 60.5 Å². The van der Waals surface area contributed by atoms with E-state index >= 15 is 0 Å². The van der Waals surface area contributed by atoms with Crippen LogP contribution in [0, 0.1) is 5.92 Å². The molecule has 0 unspecified atom stereocenters. The number of benzene rings is 1. The second-order valence-electron chi connectivity index (χ2n) is 8.88. The molecular formula is C24H30N2O3S. The van der Waals surface area contributed by atoms with Crippen LogP contribution in [0.25, 0.3) is 0 Å². The minimum absolute atomic E-state index is 0.00474. The van der Waals surface area contributed by atoms with Crippen LogP contribution in [0.15, 0.2) is 41.8 Å². The third-order valence-electron chi connectivity index (χ3n) is 5.83. The normalized spacial score (nSPS) is 26.8. The first-order valence-electron chi connectivity index (χ1n) is 10.7. The third kappa shape index (κ3) is 3.91. The molecule has 0 aliphatic carbocycles. The molecule has 5 nitrogen and oxygen atoms in total. The van der Waals surface area contributed by atoms with E-state index in [1.165, 1.54) is 0 Å². The topological polar surface area (TPSA) is 49.9 Å². The molecule has 4 atom stereocenters. The van der Waals surface area contributed by atoms with Crippen LogP contribution in [0.5, 0.6) is 0 Å². The molecule has 6 heteroatoms. The number of nitrogens with zero attached hydrogens (tertiary/aromatic N) is 2. The zero-order chi connectivity index (χ0) is 21.4. The number of hydrogen-bond acceptors (Lipinski definition) is 4. The first-order chi connectivity index (χ1) is 14.4. The maximum atomic E-state index is 14.0. The smallest absolute Gasteiger partial charge is 0.254 e. The van der Waals surface area contributed by atoms with E-state index in [2.05, 4.69) is 19.9 Å². The Morgan fingerprint density at radius 1 is 1.13 bits per heavy atom. The van der Waals surface area contributed by atoms with Crippen molar-refractivity contribution in [3.8, 4) is 0 Å². The number of hydrogen-bond donors (Lipinski definition) is 0. The van der Waals surface area contributed by atoms with Gasteiger partial charge in [-0.3, -0.25) is 9.59 Å². The van der Waals surface area contributed by atoms with Crippen molar-refractivity contribution >= 4 is 23.2 Å². The maximum absolute atomic E-state index is 14.0. The number of carbonyl (C=O) groups is 2. The van der Waals surface area contributed by atoms with Crippen LogP contribution in [-0.2, 0) is 9.53 Å². The lowest BCUT2D eigenvalue weighted by Gasteiger charge is -2.45. The fraction of sp³-hybridized carbons (Fsp3) is 0.500. The Morgan fingerprint density at radius 2 is 1.83 bits per heavy atom. The minimum atomic E-state index is -0.409. The van der Waals surface area contributed by atoms with Crippen molar-refractivity contribution in [1.29, 1.82) is 0 Å². The number of fused-ring (bicyclic) bond motifs is 1. The van der Waals surface area contributed by atoms with Gasteiger partial charge in [-0.05, 0) is 42.8 Å². The van der Waals surface area contributed by atoms with Crippen LogP contribution in [0.2, 0.25) is 0 Å². The Kier molecular flexibility index (Phi) is 5.98. The van der Waals surface area contributed by atoms with Crippen molar-refractivity contribution in [3.05, 3.63) is 57.8 Å². The molecule has 1 fully saturated rings. The fourth-order valence-electron chi connectivity index (χ4n) is 4.78. The summed E-state index contributed by atoms with van der Waals surface area (Å²) in [5.41, 5.74) is 1.50. The molecule has 2 amide bonds. The lowest BCUT2D eigenvalue weighted by molar-refractivity contribution is -0.146. The molecule has 0 bridgehead atoms. The van der Waals surface area contributed by atoms with E-state index < -0.39 is 5.92 Å². The van der Waals surface area contributed by atoms with Gasteiger partial charge in [0.25, 0.3) is 5.91 Å². The van der Waals surface area contributed by atoms with Gasteiger partial charge in [-0.25, -0.2) is 0 Å². The summed E-state index contributed by atoms with van der Waals surface area (Å²) in [4.78, 5) is 32.4. The van der Waals surface area contributed by atoms with Crippen LogP contribution in [0.3, 0.4) is 0 Å². The summed E-state index contributed by atoms with van der Waals surface area (Å²) in [6.45, 7) is 10.0. The Labute approximate surface area is 182 Å². The second kappa shape index (κ2) is 8.52. The summed E-state index contributed by atoms with van der Waals surface area (Å²) >= 11 is 1.62. The van der Waals surface area contributed by atoms with Crippen LogP contribution in [-0.4, -0.2) is 53.5 Å². The molecule has 1 aromatic carbocycles.